The molecule has 108 valence electrons. The van der Waals surface area contributed by atoms with Crippen LogP contribution in [0, 0.1) is 6.92 Å². The van der Waals surface area contributed by atoms with Crippen LogP contribution >= 0.6 is 23.1 Å². The van der Waals surface area contributed by atoms with E-state index in [4.69, 9.17) is 0 Å². The summed E-state index contributed by atoms with van der Waals surface area (Å²) >= 11 is 2.83. The van der Waals surface area contributed by atoms with E-state index in [-0.39, 0.29) is 5.91 Å². The molecule has 2 heterocycles. The summed E-state index contributed by atoms with van der Waals surface area (Å²) in [5, 5.41) is 12.8. The van der Waals surface area contributed by atoms with Crippen molar-refractivity contribution in [3.63, 3.8) is 0 Å². The van der Waals surface area contributed by atoms with Gasteiger partial charge in [0.1, 0.15) is 5.01 Å². The Balaban J connectivity index is 1.66. The van der Waals surface area contributed by atoms with Crippen molar-refractivity contribution in [1.29, 1.82) is 0 Å². The van der Waals surface area contributed by atoms with Gasteiger partial charge in [0.2, 0.25) is 11.0 Å². The van der Waals surface area contributed by atoms with Gasteiger partial charge in [0.05, 0.1) is 12.8 Å². The predicted octanol–water partition coefficient (Wildman–Crippen LogP) is 1.88. The molecule has 0 fully saturated rings. The van der Waals surface area contributed by atoms with E-state index in [0.717, 1.165) is 21.2 Å². The number of nitrogens with one attached hydrogen (secondary N) is 2. The van der Waals surface area contributed by atoms with Crippen LogP contribution in [-0.2, 0) is 11.8 Å². The van der Waals surface area contributed by atoms with E-state index in [1.165, 1.54) is 23.1 Å². The Kier molecular flexibility index (Phi) is 3.89. The molecular formula is C13H14N5OS2+. The third-order valence-corrected chi connectivity index (χ3v) is 4.73. The first-order valence-corrected chi connectivity index (χ1v) is 8.13. The van der Waals surface area contributed by atoms with Crippen LogP contribution in [-0.4, -0.2) is 26.8 Å². The number of carbonyl (C=O) groups is 1. The largest absolute Gasteiger partial charge is 0.317 e. The molecule has 0 aliphatic carbocycles. The highest BCUT2D eigenvalue weighted by Gasteiger charge is 2.17. The van der Waals surface area contributed by atoms with Crippen LogP contribution in [0.4, 0.5) is 5.13 Å². The highest BCUT2D eigenvalue weighted by atomic mass is 32.2. The second-order valence-corrected chi connectivity index (χ2v) is 6.62. The van der Waals surface area contributed by atoms with Crippen LogP contribution in [0.2, 0.25) is 0 Å². The van der Waals surface area contributed by atoms with Gasteiger partial charge in [-0.1, -0.05) is 23.5 Å². The van der Waals surface area contributed by atoms with Crippen molar-refractivity contribution in [2.75, 3.05) is 11.1 Å². The van der Waals surface area contributed by atoms with Gasteiger partial charge in [-0.3, -0.25) is 10.1 Å². The Morgan fingerprint density at radius 2 is 2.24 bits per heavy atom. The fraction of sp³-hybridized carbons (Fsp3) is 0.231. The number of carbonyl (C=O) groups excluding carboxylic acids is 1. The van der Waals surface area contributed by atoms with Gasteiger partial charge in [0.25, 0.3) is 0 Å². The van der Waals surface area contributed by atoms with E-state index >= 15 is 0 Å². The minimum atomic E-state index is -0.0881. The minimum absolute atomic E-state index is 0.0881. The van der Waals surface area contributed by atoms with Crippen molar-refractivity contribution < 1.29 is 9.36 Å². The molecule has 2 N–H and O–H groups in total. The molecular weight excluding hydrogens is 306 g/mol. The molecule has 0 atom stereocenters. The summed E-state index contributed by atoms with van der Waals surface area (Å²) in [7, 11) is 1.98. The first kappa shape index (κ1) is 14.0. The highest BCUT2D eigenvalue weighted by Crippen LogP contribution is 2.18. The Morgan fingerprint density at radius 3 is 2.95 bits per heavy atom. The number of anilines is 1. The Hall–Kier alpha value is -1.93. The highest BCUT2D eigenvalue weighted by molar-refractivity contribution is 7.99. The second kappa shape index (κ2) is 5.82. The van der Waals surface area contributed by atoms with E-state index in [1.807, 2.05) is 42.8 Å². The van der Waals surface area contributed by atoms with Crippen LogP contribution in [0.1, 0.15) is 5.01 Å². The lowest BCUT2D eigenvalue weighted by molar-refractivity contribution is -0.683. The topological polar surface area (TPSA) is 74.5 Å². The van der Waals surface area contributed by atoms with Crippen molar-refractivity contribution in [3.05, 3.63) is 29.3 Å². The zero-order chi connectivity index (χ0) is 14.8. The molecule has 3 aromatic rings. The number of aromatic nitrogens is 4. The number of thioether (sulfide) groups is 1. The van der Waals surface area contributed by atoms with Crippen LogP contribution < -0.4 is 9.88 Å². The van der Waals surface area contributed by atoms with Gasteiger partial charge >= 0.3 is 5.16 Å². The van der Waals surface area contributed by atoms with E-state index in [9.17, 15) is 4.79 Å². The molecule has 0 radical (unpaired) electrons. The van der Waals surface area contributed by atoms with Gasteiger partial charge in [-0.05, 0) is 30.8 Å². The summed E-state index contributed by atoms with van der Waals surface area (Å²) in [6, 6.07) is 8.04. The molecule has 2 aromatic heterocycles. The van der Waals surface area contributed by atoms with Crippen molar-refractivity contribution >= 4 is 45.2 Å². The number of para-hydroxylation sites is 2. The molecule has 0 unspecified atom stereocenters. The summed E-state index contributed by atoms with van der Waals surface area (Å²) < 4.78 is 2.04. The van der Waals surface area contributed by atoms with Crippen LogP contribution in [0.25, 0.3) is 11.0 Å². The number of nitrogens with zero attached hydrogens (tertiary/aromatic N) is 3. The fourth-order valence-corrected chi connectivity index (χ4v) is 3.37. The second-order valence-electron chi connectivity index (χ2n) is 4.47. The normalized spacial score (nSPS) is 11.0. The quantitative estimate of drug-likeness (QED) is 0.568. The molecule has 0 bridgehead atoms. The van der Waals surface area contributed by atoms with Gasteiger partial charge in [-0.2, -0.15) is 0 Å². The smallest absolute Gasteiger partial charge is 0.300 e. The standard InChI is InChI=1S/C13H13N5OS2/c1-8-16-17-12(21-8)15-11(19)7-20-13-14-9-5-3-4-6-10(9)18(13)2/h3-6H,7H2,1-2H3,(H,15,17,19)/p+1. The molecule has 0 spiro atoms. The maximum atomic E-state index is 11.9. The molecule has 3 rings (SSSR count). The van der Waals surface area contributed by atoms with Crippen molar-refractivity contribution in [3.8, 4) is 0 Å². The molecule has 0 saturated carbocycles. The number of hydrogen-bond acceptors (Lipinski definition) is 5. The summed E-state index contributed by atoms with van der Waals surface area (Å²) in [5.74, 6) is 0.231. The average Bonchev–Trinajstić information content (AvgIpc) is 3.01. The Morgan fingerprint density at radius 1 is 1.43 bits per heavy atom. The predicted molar refractivity (Wildman–Crippen MR) is 83.5 cm³/mol. The first-order chi connectivity index (χ1) is 10.1. The zero-order valence-corrected chi connectivity index (χ0v) is 13.2. The van der Waals surface area contributed by atoms with Gasteiger partial charge in [0.15, 0.2) is 11.0 Å². The van der Waals surface area contributed by atoms with E-state index < -0.39 is 0 Å². The lowest BCUT2D eigenvalue weighted by Crippen LogP contribution is -2.29. The minimum Gasteiger partial charge on any atom is -0.300 e. The molecule has 1 amide bonds. The Labute approximate surface area is 129 Å². The summed E-state index contributed by atoms with van der Waals surface area (Å²) in [6.07, 6.45) is 0. The van der Waals surface area contributed by atoms with Gasteiger partial charge in [0, 0.05) is 0 Å². The fourth-order valence-electron chi connectivity index (χ4n) is 1.95. The molecule has 0 aliphatic heterocycles. The number of hydrogen-bond donors (Lipinski definition) is 2. The average molecular weight is 320 g/mol. The summed E-state index contributed by atoms with van der Waals surface area (Å²) in [6.45, 7) is 1.85. The lowest BCUT2D eigenvalue weighted by Gasteiger charge is -1.98. The molecule has 0 aliphatic rings. The van der Waals surface area contributed by atoms with Crippen molar-refractivity contribution in [2.45, 2.75) is 12.1 Å². The summed E-state index contributed by atoms with van der Waals surface area (Å²) in [4.78, 5) is 15.2. The SMILES string of the molecule is Cc1nnc(NC(=O)CSc2[nH]c3ccccc3[n+]2C)s1. The number of aromatic amines is 1. The maximum absolute atomic E-state index is 11.9. The first-order valence-electron chi connectivity index (χ1n) is 6.33. The number of H-pyrrole nitrogens is 1. The van der Waals surface area contributed by atoms with Crippen LogP contribution in [0.5, 0.6) is 0 Å². The molecule has 8 heteroatoms. The monoisotopic (exact) mass is 320 g/mol. The number of fused-ring (bicyclic) bond motifs is 1. The molecule has 6 nitrogen and oxygen atoms in total. The number of aryl methyl sites for hydroxylation is 2. The van der Waals surface area contributed by atoms with Crippen LogP contribution in [0.3, 0.4) is 0 Å². The number of rotatable bonds is 4. The van der Waals surface area contributed by atoms with Gasteiger partial charge in [-0.25, -0.2) is 9.55 Å². The van der Waals surface area contributed by atoms with E-state index in [0.29, 0.717) is 10.9 Å². The number of imidazole rings is 1. The third-order valence-electron chi connectivity index (χ3n) is 2.92. The lowest BCUT2D eigenvalue weighted by atomic mass is 10.3. The molecule has 1 aromatic carbocycles. The van der Waals surface area contributed by atoms with Crippen LogP contribution in [0.15, 0.2) is 29.4 Å². The Bertz CT molecular complexity index is 795. The van der Waals surface area contributed by atoms with E-state index in [2.05, 4.69) is 20.5 Å². The van der Waals surface area contributed by atoms with Crippen molar-refractivity contribution in [1.82, 2.24) is 15.2 Å². The maximum Gasteiger partial charge on any atom is 0.317 e. The third kappa shape index (κ3) is 3.06. The molecule has 21 heavy (non-hydrogen) atoms. The van der Waals surface area contributed by atoms with Gasteiger partial charge in [-0.15, -0.1) is 10.2 Å². The summed E-state index contributed by atoms with van der Waals surface area (Å²) in [5.41, 5.74) is 2.17. The van der Waals surface area contributed by atoms with E-state index in [1.54, 1.807) is 0 Å². The molecule has 0 saturated heterocycles. The number of amides is 1. The zero-order valence-electron chi connectivity index (χ0n) is 11.6. The van der Waals surface area contributed by atoms with Gasteiger partial charge < -0.3 is 0 Å². The number of benzene rings is 1. The van der Waals surface area contributed by atoms with Crippen molar-refractivity contribution in [2.24, 2.45) is 7.05 Å².